The molecule has 7 heteroatoms. The van der Waals surface area contributed by atoms with Gasteiger partial charge in [-0.3, -0.25) is 0 Å². The van der Waals surface area contributed by atoms with Gasteiger partial charge in [-0.05, 0) is 69.8 Å². The van der Waals surface area contributed by atoms with Gasteiger partial charge in [0.1, 0.15) is 17.3 Å². The number of aryl methyl sites for hydroxylation is 1. The lowest BCUT2D eigenvalue weighted by molar-refractivity contribution is 0.411. The zero-order valence-corrected chi connectivity index (χ0v) is 25.0. The summed E-state index contributed by atoms with van der Waals surface area (Å²) in [4.78, 5) is 15.4. The van der Waals surface area contributed by atoms with E-state index in [2.05, 4.69) is 81.6 Å². The summed E-state index contributed by atoms with van der Waals surface area (Å²) < 4.78 is 0. The highest BCUT2D eigenvalue weighted by atomic mass is 32.2. The quantitative estimate of drug-likeness (QED) is 0.279. The monoisotopic (exact) mass is 524 g/mol. The van der Waals surface area contributed by atoms with Gasteiger partial charge in [0.2, 0.25) is 0 Å². The van der Waals surface area contributed by atoms with Crippen LogP contribution in [0, 0.1) is 18.8 Å². The Morgan fingerprint density at radius 2 is 1.68 bits per heavy atom. The van der Waals surface area contributed by atoms with Crippen LogP contribution < -0.4 is 10.6 Å². The molecule has 1 aliphatic heterocycles. The number of rotatable bonds is 5. The van der Waals surface area contributed by atoms with Gasteiger partial charge in [0.25, 0.3) is 0 Å². The molecule has 1 saturated heterocycles. The lowest BCUT2D eigenvalue weighted by atomic mass is 10.0. The van der Waals surface area contributed by atoms with Gasteiger partial charge in [0, 0.05) is 10.8 Å². The highest BCUT2D eigenvalue weighted by Crippen LogP contribution is 2.31. The number of aromatic nitrogens is 4. The first-order valence-corrected chi connectivity index (χ1v) is 14.9. The normalized spacial score (nSPS) is 16.0. The van der Waals surface area contributed by atoms with Crippen molar-refractivity contribution < 1.29 is 0 Å². The topological polar surface area (TPSA) is 81.4 Å². The van der Waals surface area contributed by atoms with Crippen molar-refractivity contribution in [2.24, 2.45) is 0 Å². The maximum atomic E-state index is 4.64. The largest absolute Gasteiger partial charge is 0.341 e. The number of aromatic amines is 2. The predicted molar refractivity (Wildman–Crippen MR) is 162 cm³/mol. The summed E-state index contributed by atoms with van der Waals surface area (Å²) in [5.41, 5.74) is 3.97. The number of hydrogen-bond acceptors (Lipinski definition) is 5. The minimum Gasteiger partial charge on any atom is -0.341 e. The molecule has 2 atom stereocenters. The molecule has 2 aromatic heterocycles. The predicted octanol–water partition coefficient (Wildman–Crippen LogP) is 6.72. The average Bonchev–Trinajstić information content (AvgIpc) is 3.63. The third kappa shape index (κ3) is 11.6. The summed E-state index contributed by atoms with van der Waals surface area (Å²) in [6, 6.07) is 8.54. The summed E-state index contributed by atoms with van der Waals surface area (Å²) >= 11 is 1.92. The van der Waals surface area contributed by atoms with Crippen molar-refractivity contribution in [3.8, 4) is 23.1 Å². The molecule has 1 aromatic carbocycles. The van der Waals surface area contributed by atoms with E-state index in [0.717, 1.165) is 47.3 Å². The van der Waals surface area contributed by atoms with Crippen molar-refractivity contribution in [1.82, 2.24) is 30.6 Å². The number of H-pyrrole nitrogens is 2. The number of nitrogens with one attached hydrogen (secondary N) is 4. The van der Waals surface area contributed by atoms with E-state index in [9.17, 15) is 0 Å². The van der Waals surface area contributed by atoms with Crippen LogP contribution >= 0.6 is 11.8 Å². The maximum Gasteiger partial charge on any atom is 0.124 e. The Bertz CT molecular complexity index is 1020. The van der Waals surface area contributed by atoms with Crippen LogP contribution in [0.4, 0.5) is 0 Å². The van der Waals surface area contributed by atoms with E-state index in [4.69, 9.17) is 0 Å². The molecule has 37 heavy (non-hydrogen) atoms. The fraction of sp³-hybridized carbons (Fsp3) is 0.533. The minimum absolute atomic E-state index is 0.297. The second-order valence-corrected chi connectivity index (χ2v) is 9.52. The first-order valence-electron chi connectivity index (χ1n) is 13.7. The molecule has 3 heterocycles. The van der Waals surface area contributed by atoms with Gasteiger partial charge in [-0.1, -0.05) is 65.5 Å². The Balaban J connectivity index is 0.000000594. The Morgan fingerprint density at radius 1 is 1.00 bits per heavy atom. The van der Waals surface area contributed by atoms with E-state index in [1.54, 1.807) is 6.20 Å². The van der Waals surface area contributed by atoms with Gasteiger partial charge in [-0.2, -0.15) is 11.8 Å². The van der Waals surface area contributed by atoms with Crippen LogP contribution in [0.1, 0.15) is 89.3 Å². The van der Waals surface area contributed by atoms with Crippen molar-refractivity contribution in [3.05, 3.63) is 59.6 Å². The van der Waals surface area contributed by atoms with Gasteiger partial charge in [-0.25, -0.2) is 9.97 Å². The zero-order chi connectivity index (χ0) is 27.5. The average molecular weight is 525 g/mol. The Labute approximate surface area is 229 Å². The number of unbranched alkanes of at least 4 members (excludes halogenated alkanes) is 1. The van der Waals surface area contributed by atoms with Crippen molar-refractivity contribution in [2.45, 2.75) is 78.5 Å². The van der Waals surface area contributed by atoms with E-state index >= 15 is 0 Å². The molecule has 0 amide bonds. The van der Waals surface area contributed by atoms with Crippen LogP contribution in [0.15, 0.2) is 36.7 Å². The molecule has 1 aliphatic rings. The number of piperidine rings is 1. The third-order valence-electron chi connectivity index (χ3n) is 5.69. The number of thioether (sulfide) groups is 1. The second-order valence-electron chi connectivity index (χ2n) is 8.45. The lowest BCUT2D eigenvalue weighted by Crippen LogP contribution is -2.36. The number of benzene rings is 1. The van der Waals surface area contributed by atoms with Gasteiger partial charge in [-0.15, -0.1) is 0 Å². The molecule has 1 fully saturated rings. The summed E-state index contributed by atoms with van der Waals surface area (Å²) in [7, 11) is 1.93. The molecule has 4 rings (SSSR count). The molecule has 1 unspecified atom stereocenters. The molecular weight excluding hydrogens is 476 g/mol. The van der Waals surface area contributed by atoms with Crippen molar-refractivity contribution in [2.75, 3.05) is 26.4 Å². The summed E-state index contributed by atoms with van der Waals surface area (Å²) in [5, 5.41) is 7.10. The van der Waals surface area contributed by atoms with E-state index in [1.807, 2.05) is 57.9 Å². The minimum atomic E-state index is 0.297. The molecule has 0 bridgehead atoms. The highest BCUT2D eigenvalue weighted by Gasteiger charge is 2.27. The van der Waals surface area contributed by atoms with Crippen LogP contribution in [0.25, 0.3) is 11.3 Å². The van der Waals surface area contributed by atoms with Crippen molar-refractivity contribution in [1.29, 1.82) is 0 Å². The third-order valence-corrected chi connectivity index (χ3v) is 6.80. The maximum absolute atomic E-state index is 4.64. The Morgan fingerprint density at radius 3 is 2.22 bits per heavy atom. The summed E-state index contributed by atoms with van der Waals surface area (Å²) in [5.74, 6) is 8.17. The van der Waals surface area contributed by atoms with E-state index in [-0.39, 0.29) is 0 Å². The van der Waals surface area contributed by atoms with E-state index in [1.165, 1.54) is 25.7 Å². The standard InChI is InChI=1S/C21H23N5S.C4H10.C3H9N.C2H6/c1-14-23-12-17(25-14)10-7-15-5-8-16(9-6-15)18-13-24-21(26-18)20-19(27-2)4-3-11-22-20;2*1-3-4-2;1-2/h5-6,8-9,12-13,19-20,22H,3-4,11H2,1-2H3,(H,23,25)(H,24,26);3-4H2,1-2H3;4H,3H2,1-2H3;1-2H3/t19?,20-;;;/m0.../s1. The molecule has 0 aliphatic carbocycles. The SMILES string of the molecule is CC.CCCC.CCNC.CSC1CCCN[C@@H]1c1ncc(-c2ccc(C#Cc3cnc(C)[nH]3)cc2)[nH]1. The zero-order valence-electron chi connectivity index (χ0n) is 24.2. The van der Waals surface area contributed by atoms with Crippen LogP contribution in [0.2, 0.25) is 0 Å². The van der Waals surface area contributed by atoms with E-state index in [0.29, 0.717) is 11.3 Å². The molecule has 4 N–H and O–H groups in total. The van der Waals surface area contributed by atoms with Gasteiger partial charge in [0.05, 0.1) is 24.1 Å². The molecule has 6 nitrogen and oxygen atoms in total. The number of nitrogens with zero attached hydrogens (tertiary/aromatic N) is 2. The highest BCUT2D eigenvalue weighted by molar-refractivity contribution is 7.99. The first-order chi connectivity index (χ1) is 18.1. The van der Waals surface area contributed by atoms with Gasteiger partial charge in [0.15, 0.2) is 0 Å². The molecule has 0 saturated carbocycles. The molecule has 0 radical (unpaired) electrons. The van der Waals surface area contributed by atoms with Gasteiger partial charge < -0.3 is 20.6 Å². The number of imidazole rings is 2. The number of hydrogen-bond donors (Lipinski definition) is 4. The molecular formula is C30H48N6S. The molecule has 0 spiro atoms. The summed E-state index contributed by atoms with van der Waals surface area (Å²) in [6.45, 7) is 14.5. The molecule has 204 valence electrons. The van der Waals surface area contributed by atoms with Crippen LogP contribution in [0.3, 0.4) is 0 Å². The Kier molecular flexibility index (Phi) is 17.2. The first kappa shape index (κ1) is 32.5. The lowest BCUT2D eigenvalue weighted by Gasteiger charge is -2.29. The van der Waals surface area contributed by atoms with Crippen LogP contribution in [0.5, 0.6) is 0 Å². The van der Waals surface area contributed by atoms with Crippen molar-refractivity contribution >= 4 is 11.8 Å². The van der Waals surface area contributed by atoms with Crippen LogP contribution in [-0.4, -0.2) is 51.6 Å². The fourth-order valence-electron chi connectivity index (χ4n) is 3.38. The Hall–Kier alpha value is -2.53. The van der Waals surface area contributed by atoms with Crippen molar-refractivity contribution in [3.63, 3.8) is 0 Å². The smallest absolute Gasteiger partial charge is 0.124 e. The molecule has 3 aromatic rings. The van der Waals surface area contributed by atoms with E-state index < -0.39 is 0 Å². The summed E-state index contributed by atoms with van der Waals surface area (Å²) in [6.07, 6.45) is 11.0. The fourth-order valence-corrected chi connectivity index (χ4v) is 4.28. The van der Waals surface area contributed by atoms with Gasteiger partial charge >= 0.3 is 0 Å². The van der Waals surface area contributed by atoms with Crippen LogP contribution in [-0.2, 0) is 0 Å². The second kappa shape index (κ2) is 19.6.